The second kappa shape index (κ2) is 8.76. The first-order valence-electron chi connectivity index (χ1n) is 11.8. The van der Waals surface area contributed by atoms with Crippen LogP contribution in [0, 0.1) is 11.7 Å². The summed E-state index contributed by atoms with van der Waals surface area (Å²) in [6.45, 7) is 0.734. The lowest BCUT2D eigenvalue weighted by Gasteiger charge is -2.39. The number of nitrogens with one attached hydrogen (secondary N) is 3. The maximum atomic E-state index is 14.3. The van der Waals surface area contributed by atoms with Crippen molar-refractivity contribution in [2.75, 3.05) is 24.3 Å². The lowest BCUT2D eigenvalue weighted by Crippen LogP contribution is -2.54. The molecule has 4 aromatic rings. The number of para-hydroxylation sites is 1. The maximum absolute atomic E-state index is 14.3. The first-order valence-corrected chi connectivity index (χ1v) is 11.8. The van der Waals surface area contributed by atoms with Gasteiger partial charge in [0.1, 0.15) is 11.5 Å². The van der Waals surface area contributed by atoms with Gasteiger partial charge in [-0.3, -0.25) is 14.2 Å². The van der Waals surface area contributed by atoms with Gasteiger partial charge in [0, 0.05) is 25.9 Å². The van der Waals surface area contributed by atoms with Crippen molar-refractivity contribution in [1.29, 1.82) is 0 Å². The SMILES string of the molecule is CNc1cc(Nc2cccn(-c3ccccc3F)c2=O)nn2c(C(=O)N[C@@H]3C[C@@H]4CCO[C@@H]43)cnc12. The van der Waals surface area contributed by atoms with E-state index in [0.29, 0.717) is 23.1 Å². The average molecular weight is 490 g/mol. The van der Waals surface area contributed by atoms with Gasteiger partial charge in [0.2, 0.25) is 0 Å². The van der Waals surface area contributed by atoms with Crippen molar-refractivity contribution in [2.24, 2.45) is 5.92 Å². The Balaban J connectivity index is 1.32. The van der Waals surface area contributed by atoms with Gasteiger partial charge in [-0.2, -0.15) is 0 Å². The smallest absolute Gasteiger partial charge is 0.278 e. The molecule has 184 valence electrons. The van der Waals surface area contributed by atoms with E-state index in [9.17, 15) is 14.0 Å². The zero-order valence-electron chi connectivity index (χ0n) is 19.4. The summed E-state index contributed by atoms with van der Waals surface area (Å²) in [7, 11) is 1.73. The summed E-state index contributed by atoms with van der Waals surface area (Å²) in [5, 5.41) is 13.6. The molecule has 1 amide bonds. The van der Waals surface area contributed by atoms with Crippen molar-refractivity contribution >= 4 is 28.7 Å². The molecular weight excluding hydrogens is 465 g/mol. The molecule has 1 aliphatic heterocycles. The Morgan fingerprint density at radius 2 is 2.06 bits per heavy atom. The molecule has 4 heterocycles. The number of fused-ring (bicyclic) bond motifs is 2. The van der Waals surface area contributed by atoms with Gasteiger partial charge in [-0.25, -0.2) is 13.9 Å². The highest BCUT2D eigenvalue weighted by atomic mass is 19.1. The van der Waals surface area contributed by atoms with E-state index >= 15 is 0 Å². The van der Waals surface area contributed by atoms with Crippen LogP contribution < -0.4 is 21.5 Å². The van der Waals surface area contributed by atoms with Gasteiger partial charge in [-0.05, 0) is 43.0 Å². The highest BCUT2D eigenvalue weighted by Gasteiger charge is 2.46. The molecule has 0 bridgehead atoms. The van der Waals surface area contributed by atoms with Crippen molar-refractivity contribution < 1.29 is 13.9 Å². The number of imidazole rings is 1. The monoisotopic (exact) mass is 489 g/mol. The molecule has 6 rings (SSSR count). The Labute approximate surface area is 205 Å². The molecule has 3 N–H and O–H groups in total. The number of benzene rings is 1. The van der Waals surface area contributed by atoms with E-state index in [0.717, 1.165) is 19.4 Å². The molecule has 2 aliphatic rings. The summed E-state index contributed by atoms with van der Waals surface area (Å²) in [4.78, 5) is 30.6. The molecule has 3 atom stereocenters. The average Bonchev–Trinajstić information content (AvgIpc) is 3.47. The van der Waals surface area contributed by atoms with E-state index in [2.05, 4.69) is 26.0 Å². The molecular formula is C25H24FN7O3. The zero-order chi connectivity index (χ0) is 24.8. The van der Waals surface area contributed by atoms with Crippen molar-refractivity contribution in [3.05, 3.63) is 76.7 Å². The fraction of sp³-hybridized carbons (Fsp3) is 0.280. The molecule has 10 nitrogen and oxygen atoms in total. The van der Waals surface area contributed by atoms with Gasteiger partial charge in [0.15, 0.2) is 17.2 Å². The summed E-state index contributed by atoms with van der Waals surface area (Å²) in [6.07, 6.45) is 4.98. The van der Waals surface area contributed by atoms with E-state index < -0.39 is 11.4 Å². The van der Waals surface area contributed by atoms with E-state index in [-0.39, 0.29) is 35.1 Å². The number of hydrogen-bond donors (Lipinski definition) is 3. The number of amides is 1. The number of carbonyl (C=O) groups excluding carboxylic acids is 1. The molecule has 1 saturated heterocycles. The van der Waals surface area contributed by atoms with E-state index in [4.69, 9.17) is 4.74 Å². The largest absolute Gasteiger partial charge is 0.385 e. The molecule has 3 aromatic heterocycles. The molecule has 2 fully saturated rings. The quantitative estimate of drug-likeness (QED) is 0.382. The predicted molar refractivity (Wildman–Crippen MR) is 132 cm³/mol. The van der Waals surface area contributed by atoms with Crippen molar-refractivity contribution in [3.8, 4) is 5.69 Å². The topological polar surface area (TPSA) is 115 Å². The summed E-state index contributed by atoms with van der Waals surface area (Å²) < 4.78 is 22.7. The van der Waals surface area contributed by atoms with Crippen LogP contribution in [0.4, 0.5) is 21.6 Å². The third-order valence-electron chi connectivity index (χ3n) is 6.82. The molecule has 0 unspecified atom stereocenters. The number of anilines is 3. The molecule has 1 aliphatic carbocycles. The Bertz CT molecular complexity index is 1530. The maximum Gasteiger partial charge on any atom is 0.278 e. The predicted octanol–water partition coefficient (Wildman–Crippen LogP) is 2.71. The molecule has 36 heavy (non-hydrogen) atoms. The number of pyridine rings is 1. The molecule has 1 saturated carbocycles. The first kappa shape index (κ1) is 22.2. The molecule has 0 radical (unpaired) electrons. The number of aromatic nitrogens is 4. The second-order valence-electron chi connectivity index (χ2n) is 8.95. The third kappa shape index (κ3) is 3.68. The van der Waals surface area contributed by atoms with Crippen LogP contribution in [0.2, 0.25) is 0 Å². The van der Waals surface area contributed by atoms with E-state index in [1.807, 2.05) is 0 Å². The lowest BCUT2D eigenvalue weighted by atomic mass is 9.77. The fourth-order valence-electron chi connectivity index (χ4n) is 4.93. The summed E-state index contributed by atoms with van der Waals surface area (Å²) in [5.41, 5.74) is 1.23. The number of hydrogen-bond acceptors (Lipinski definition) is 7. The second-order valence-corrected chi connectivity index (χ2v) is 8.95. The Morgan fingerprint density at radius 3 is 2.86 bits per heavy atom. The van der Waals surface area contributed by atoms with Gasteiger partial charge < -0.3 is 20.7 Å². The molecule has 1 aromatic carbocycles. The third-order valence-corrected chi connectivity index (χ3v) is 6.82. The number of nitrogens with zero attached hydrogens (tertiary/aromatic N) is 4. The highest BCUT2D eigenvalue weighted by Crippen LogP contribution is 2.38. The minimum absolute atomic E-state index is 0.0261. The van der Waals surface area contributed by atoms with Gasteiger partial charge in [0.25, 0.3) is 11.5 Å². The van der Waals surface area contributed by atoms with Crippen LogP contribution in [0.5, 0.6) is 0 Å². The van der Waals surface area contributed by atoms with Crippen LogP contribution in [-0.2, 0) is 4.74 Å². The van der Waals surface area contributed by atoms with E-state index in [1.165, 1.54) is 33.6 Å². The first-order chi connectivity index (χ1) is 17.5. The van der Waals surface area contributed by atoms with Crippen molar-refractivity contribution in [3.63, 3.8) is 0 Å². The fourth-order valence-corrected chi connectivity index (χ4v) is 4.93. The van der Waals surface area contributed by atoms with Crippen LogP contribution >= 0.6 is 0 Å². The van der Waals surface area contributed by atoms with Crippen LogP contribution in [0.15, 0.2) is 59.7 Å². The summed E-state index contributed by atoms with van der Waals surface area (Å²) >= 11 is 0. The van der Waals surface area contributed by atoms with Crippen LogP contribution in [-0.4, -0.2) is 50.9 Å². The number of ether oxygens (including phenoxy) is 1. The van der Waals surface area contributed by atoms with Gasteiger partial charge in [-0.1, -0.05) is 12.1 Å². The van der Waals surface area contributed by atoms with Crippen LogP contribution in [0.3, 0.4) is 0 Å². The number of carbonyl (C=O) groups is 1. The van der Waals surface area contributed by atoms with Gasteiger partial charge in [-0.15, -0.1) is 5.10 Å². The number of rotatable bonds is 6. The Morgan fingerprint density at radius 1 is 1.19 bits per heavy atom. The van der Waals surface area contributed by atoms with Crippen LogP contribution in [0.25, 0.3) is 11.3 Å². The number of halogens is 1. The molecule has 11 heteroatoms. The van der Waals surface area contributed by atoms with E-state index in [1.54, 1.807) is 37.4 Å². The minimum atomic E-state index is -0.511. The summed E-state index contributed by atoms with van der Waals surface area (Å²) in [5.74, 6) is 0.0186. The Kier molecular flexibility index (Phi) is 5.41. The molecule has 0 spiro atoms. The van der Waals surface area contributed by atoms with Crippen LogP contribution in [0.1, 0.15) is 23.3 Å². The van der Waals surface area contributed by atoms with Crippen molar-refractivity contribution in [1.82, 2.24) is 24.5 Å². The van der Waals surface area contributed by atoms with Gasteiger partial charge in [0.05, 0.1) is 29.7 Å². The van der Waals surface area contributed by atoms with Crippen molar-refractivity contribution in [2.45, 2.75) is 25.0 Å². The Hall–Kier alpha value is -4.25. The highest BCUT2D eigenvalue weighted by molar-refractivity contribution is 5.94. The summed E-state index contributed by atoms with van der Waals surface area (Å²) in [6, 6.07) is 10.9. The normalized spacial score (nSPS) is 20.6. The zero-order valence-corrected chi connectivity index (χ0v) is 19.4. The standard InChI is InChI=1S/C25H24FN7O3/c1-27-18-12-21(29-16-6-4-9-32(25(16)35)19-7-3-2-5-15(19)26)31-33-20(13-28-23(18)33)24(34)30-17-11-14-8-10-36-22(14)17/h2-7,9,12-14,17,22,27H,8,10-11H2,1H3,(H,29,31)(H,30,34)/t14-,17+,22-/m0/s1. The lowest BCUT2D eigenvalue weighted by molar-refractivity contribution is -0.000686. The van der Waals surface area contributed by atoms with Gasteiger partial charge >= 0.3 is 0 Å². The minimum Gasteiger partial charge on any atom is -0.385 e.